The fourth-order valence-electron chi connectivity index (χ4n) is 3.58. The lowest BCUT2D eigenvalue weighted by molar-refractivity contribution is -0.117. The number of anilines is 1. The zero-order valence-corrected chi connectivity index (χ0v) is 12.5. The van der Waals surface area contributed by atoms with Gasteiger partial charge in [-0.05, 0) is 29.5 Å². The van der Waals surface area contributed by atoms with Gasteiger partial charge in [-0.2, -0.15) is 11.3 Å². The Morgan fingerprint density at radius 3 is 3.05 bits per heavy atom. The van der Waals surface area contributed by atoms with Crippen molar-refractivity contribution in [3.63, 3.8) is 0 Å². The van der Waals surface area contributed by atoms with Crippen LogP contribution in [-0.2, 0) is 11.3 Å². The van der Waals surface area contributed by atoms with Crippen LogP contribution in [0.3, 0.4) is 0 Å². The molecule has 21 heavy (non-hydrogen) atoms. The van der Waals surface area contributed by atoms with Crippen molar-refractivity contribution in [2.75, 3.05) is 11.4 Å². The van der Waals surface area contributed by atoms with Gasteiger partial charge in [-0.15, -0.1) is 0 Å². The second-order valence-corrected chi connectivity index (χ2v) is 6.48. The molecule has 1 amide bonds. The summed E-state index contributed by atoms with van der Waals surface area (Å²) in [6.45, 7) is 1.94. The Kier molecular flexibility index (Phi) is 3.24. The van der Waals surface area contributed by atoms with E-state index in [0.717, 1.165) is 25.2 Å². The molecule has 5 heteroatoms. The second kappa shape index (κ2) is 5.24. The topological polar surface area (TPSA) is 36.4 Å². The number of fused-ring (bicyclic) bond motifs is 1. The average Bonchev–Trinajstić information content (AvgIpc) is 3.19. The summed E-state index contributed by atoms with van der Waals surface area (Å²) in [5.41, 5.74) is 2.29. The molecule has 0 unspecified atom stereocenters. The highest BCUT2D eigenvalue weighted by molar-refractivity contribution is 7.08. The molecule has 4 nitrogen and oxygen atoms in total. The maximum absolute atomic E-state index is 12.4. The number of carbonyl (C=O) groups excluding carboxylic acids is 1. The van der Waals surface area contributed by atoms with Gasteiger partial charge in [0.25, 0.3) is 0 Å². The molecule has 0 radical (unpaired) electrons. The number of rotatable bonds is 3. The number of hydrogen-bond acceptors (Lipinski definition) is 4. The molecule has 2 aromatic heterocycles. The van der Waals surface area contributed by atoms with Crippen LogP contribution in [0.5, 0.6) is 0 Å². The van der Waals surface area contributed by atoms with Gasteiger partial charge < -0.3 is 4.90 Å². The van der Waals surface area contributed by atoms with Gasteiger partial charge in [-0.25, -0.2) is 0 Å². The van der Waals surface area contributed by atoms with Gasteiger partial charge in [0.1, 0.15) is 0 Å². The highest BCUT2D eigenvalue weighted by Crippen LogP contribution is 2.37. The number of pyridine rings is 1. The van der Waals surface area contributed by atoms with E-state index in [-0.39, 0.29) is 5.91 Å². The summed E-state index contributed by atoms with van der Waals surface area (Å²) in [7, 11) is 0. The van der Waals surface area contributed by atoms with Crippen LogP contribution in [-0.4, -0.2) is 34.4 Å². The molecule has 2 atom stereocenters. The first kappa shape index (κ1) is 13.0. The molecule has 4 rings (SSSR count). The summed E-state index contributed by atoms with van der Waals surface area (Å²) < 4.78 is 0. The van der Waals surface area contributed by atoms with E-state index in [1.165, 1.54) is 5.56 Å². The first-order chi connectivity index (χ1) is 10.3. The van der Waals surface area contributed by atoms with Gasteiger partial charge in [0.2, 0.25) is 5.91 Å². The summed E-state index contributed by atoms with van der Waals surface area (Å²) in [6, 6.07) is 6.81. The van der Waals surface area contributed by atoms with Crippen molar-refractivity contribution >= 4 is 22.9 Å². The third-order valence-electron chi connectivity index (χ3n) is 4.50. The van der Waals surface area contributed by atoms with Gasteiger partial charge in [0.15, 0.2) is 0 Å². The van der Waals surface area contributed by atoms with E-state index in [2.05, 4.69) is 27.4 Å². The van der Waals surface area contributed by atoms with Crippen molar-refractivity contribution in [3.05, 3.63) is 46.9 Å². The van der Waals surface area contributed by atoms with Gasteiger partial charge in [0.05, 0.1) is 11.7 Å². The molecule has 2 aromatic rings. The molecule has 0 spiro atoms. The number of likely N-dealkylation sites (tertiary alicyclic amines) is 1. The zero-order valence-electron chi connectivity index (χ0n) is 11.7. The largest absolute Gasteiger partial charge is 0.307 e. The molecular formula is C16H17N3OS. The molecule has 0 N–H and O–H groups in total. The molecule has 2 aliphatic heterocycles. The lowest BCUT2D eigenvalue weighted by Crippen LogP contribution is -2.36. The molecule has 0 aliphatic carbocycles. The quantitative estimate of drug-likeness (QED) is 0.874. The van der Waals surface area contributed by atoms with E-state index < -0.39 is 0 Å². The first-order valence-electron chi connectivity index (χ1n) is 7.30. The number of nitrogens with zero attached hydrogens (tertiary/aromatic N) is 3. The summed E-state index contributed by atoms with van der Waals surface area (Å²) in [5.74, 6) is 0.263. The van der Waals surface area contributed by atoms with Gasteiger partial charge in [0, 0.05) is 43.3 Å². The van der Waals surface area contributed by atoms with Crippen molar-refractivity contribution in [1.29, 1.82) is 0 Å². The van der Waals surface area contributed by atoms with Crippen molar-refractivity contribution < 1.29 is 4.79 Å². The fraction of sp³-hybridized carbons (Fsp3) is 0.375. The zero-order chi connectivity index (χ0) is 14.2. The minimum Gasteiger partial charge on any atom is -0.307 e. The number of carbonyl (C=O) groups is 1. The predicted molar refractivity (Wildman–Crippen MR) is 83.3 cm³/mol. The maximum Gasteiger partial charge on any atom is 0.228 e. The molecule has 0 saturated carbocycles. The van der Waals surface area contributed by atoms with E-state index in [4.69, 9.17) is 0 Å². The van der Waals surface area contributed by atoms with Crippen LogP contribution >= 0.6 is 11.3 Å². The highest BCUT2D eigenvalue weighted by atomic mass is 32.1. The molecule has 108 valence electrons. The van der Waals surface area contributed by atoms with Crippen molar-refractivity contribution in [2.24, 2.45) is 0 Å². The third-order valence-corrected chi connectivity index (χ3v) is 5.17. The van der Waals surface area contributed by atoms with Crippen LogP contribution in [0.15, 0.2) is 41.4 Å². The summed E-state index contributed by atoms with van der Waals surface area (Å²) >= 11 is 1.65. The molecule has 2 fully saturated rings. The van der Waals surface area contributed by atoms with E-state index in [1.54, 1.807) is 17.5 Å². The molecular weight excluding hydrogens is 282 g/mol. The monoisotopic (exact) mass is 299 g/mol. The second-order valence-electron chi connectivity index (χ2n) is 5.70. The number of thiophene rings is 1. The van der Waals surface area contributed by atoms with Crippen LogP contribution in [0.4, 0.5) is 5.69 Å². The van der Waals surface area contributed by atoms with E-state index in [0.29, 0.717) is 18.5 Å². The normalized spacial score (nSPS) is 25.5. The van der Waals surface area contributed by atoms with Crippen LogP contribution in [0.25, 0.3) is 0 Å². The van der Waals surface area contributed by atoms with Crippen molar-refractivity contribution in [2.45, 2.75) is 31.5 Å². The van der Waals surface area contributed by atoms with Crippen LogP contribution in [0.1, 0.15) is 18.4 Å². The van der Waals surface area contributed by atoms with Crippen LogP contribution in [0, 0.1) is 0 Å². The lowest BCUT2D eigenvalue weighted by Gasteiger charge is -2.24. The Balaban J connectivity index is 1.54. The summed E-state index contributed by atoms with van der Waals surface area (Å²) in [6.07, 6.45) is 5.42. The molecule has 2 aliphatic rings. The average molecular weight is 299 g/mol. The smallest absolute Gasteiger partial charge is 0.228 e. The SMILES string of the molecule is O=C1C[C@H]2[C@H](CCN2Cc2cccnc2)N1c1ccsc1. The fourth-order valence-corrected chi connectivity index (χ4v) is 4.21. The lowest BCUT2D eigenvalue weighted by atomic mass is 10.1. The number of amides is 1. The molecule has 0 aromatic carbocycles. The molecule has 2 saturated heterocycles. The Labute approximate surface area is 128 Å². The van der Waals surface area contributed by atoms with Crippen molar-refractivity contribution in [1.82, 2.24) is 9.88 Å². The van der Waals surface area contributed by atoms with Gasteiger partial charge in [-0.1, -0.05) is 6.07 Å². The Morgan fingerprint density at radius 1 is 1.33 bits per heavy atom. The number of hydrogen-bond donors (Lipinski definition) is 0. The summed E-state index contributed by atoms with van der Waals surface area (Å²) in [4.78, 5) is 21.0. The first-order valence-corrected chi connectivity index (χ1v) is 8.24. The minimum atomic E-state index is 0.263. The highest BCUT2D eigenvalue weighted by Gasteiger charge is 2.47. The molecule has 0 bridgehead atoms. The van der Waals surface area contributed by atoms with Crippen molar-refractivity contribution in [3.8, 4) is 0 Å². The standard InChI is InChI=1S/C16H17N3OS/c20-16-8-15-14(19(16)13-4-7-21-11-13)3-6-18(15)10-12-2-1-5-17-9-12/h1-2,4-5,7,9,11,14-15H,3,6,8,10H2/t14-,15-/m0/s1. The Morgan fingerprint density at radius 2 is 2.29 bits per heavy atom. The van der Waals surface area contributed by atoms with Crippen LogP contribution < -0.4 is 4.90 Å². The Bertz CT molecular complexity index is 628. The van der Waals surface area contributed by atoms with E-state index in [9.17, 15) is 4.79 Å². The van der Waals surface area contributed by atoms with Gasteiger partial charge in [-0.3, -0.25) is 14.7 Å². The number of aromatic nitrogens is 1. The van der Waals surface area contributed by atoms with Crippen LogP contribution in [0.2, 0.25) is 0 Å². The maximum atomic E-state index is 12.4. The van der Waals surface area contributed by atoms with Gasteiger partial charge >= 0.3 is 0 Å². The van der Waals surface area contributed by atoms with E-state index in [1.807, 2.05) is 22.5 Å². The predicted octanol–water partition coefficient (Wildman–Crippen LogP) is 2.52. The third kappa shape index (κ3) is 2.26. The molecule has 4 heterocycles. The van der Waals surface area contributed by atoms with E-state index >= 15 is 0 Å². The summed E-state index contributed by atoms with van der Waals surface area (Å²) in [5, 5.41) is 4.11. The Hall–Kier alpha value is -1.72. The minimum absolute atomic E-state index is 0.263.